The lowest BCUT2D eigenvalue weighted by atomic mass is 10.1. The summed E-state index contributed by atoms with van der Waals surface area (Å²) in [5.41, 5.74) is -0.679. The fourth-order valence-corrected chi connectivity index (χ4v) is 4.57. The number of hydrogen-bond donors (Lipinski definition) is 0. The number of amides is 1. The van der Waals surface area contributed by atoms with Gasteiger partial charge in [0.05, 0.1) is 15.9 Å². The predicted octanol–water partition coefficient (Wildman–Crippen LogP) is 2.52. The number of halogens is 3. The molecule has 1 aromatic heterocycles. The summed E-state index contributed by atoms with van der Waals surface area (Å²) < 4.78 is 72.9. The quantitative estimate of drug-likeness (QED) is 0.677. The number of fused-ring (bicyclic) bond motifs is 1. The number of aryl methyl sites for hydroxylation is 1. The van der Waals surface area contributed by atoms with Crippen molar-refractivity contribution in [1.82, 2.24) is 15.0 Å². The van der Waals surface area contributed by atoms with E-state index in [0.29, 0.717) is 18.3 Å². The zero-order valence-electron chi connectivity index (χ0n) is 16.9. The number of alkyl halides is 3. The first-order chi connectivity index (χ1) is 14.3. The van der Waals surface area contributed by atoms with Crippen molar-refractivity contribution in [2.24, 2.45) is 5.92 Å². The van der Waals surface area contributed by atoms with Crippen LogP contribution < -0.4 is 4.74 Å². The maximum atomic E-state index is 13.2. The molecule has 0 spiro atoms. The SMILES string of the molecule is Cc1nc(C23CC2CN(C(=O)c2cc(S(C)(=O)=O)ccc2OC(C)C(F)(F)F)C3)no1. The third kappa shape index (κ3) is 3.88. The number of piperidine rings is 1. The number of hydrogen-bond acceptors (Lipinski definition) is 7. The van der Waals surface area contributed by atoms with Crippen molar-refractivity contribution < 1.29 is 35.6 Å². The van der Waals surface area contributed by atoms with Gasteiger partial charge in [0, 0.05) is 26.3 Å². The molecule has 1 aliphatic carbocycles. The van der Waals surface area contributed by atoms with Gasteiger partial charge in [-0.1, -0.05) is 5.16 Å². The summed E-state index contributed by atoms with van der Waals surface area (Å²) in [4.78, 5) is 18.8. The molecule has 4 rings (SSSR count). The number of benzene rings is 1. The van der Waals surface area contributed by atoms with Crippen molar-refractivity contribution in [2.75, 3.05) is 19.3 Å². The summed E-state index contributed by atoms with van der Waals surface area (Å²) in [7, 11) is -3.69. The number of rotatable bonds is 5. The number of nitrogens with zero attached hydrogens (tertiary/aromatic N) is 3. The minimum absolute atomic E-state index is 0.102. The summed E-state index contributed by atoms with van der Waals surface area (Å²) in [5.74, 6) is 0.0637. The van der Waals surface area contributed by atoms with E-state index in [0.717, 1.165) is 37.8 Å². The molecule has 1 saturated carbocycles. The van der Waals surface area contributed by atoms with Crippen LogP contribution in [0.2, 0.25) is 0 Å². The van der Waals surface area contributed by atoms with Crippen molar-refractivity contribution in [3.8, 4) is 5.75 Å². The second kappa shape index (κ2) is 6.94. The lowest BCUT2D eigenvalue weighted by Crippen LogP contribution is -2.35. The van der Waals surface area contributed by atoms with Gasteiger partial charge in [-0.25, -0.2) is 8.42 Å². The molecule has 31 heavy (non-hydrogen) atoms. The Bertz CT molecular complexity index is 1150. The maximum Gasteiger partial charge on any atom is 0.425 e. The van der Waals surface area contributed by atoms with E-state index < -0.39 is 33.4 Å². The first kappa shape index (κ1) is 21.6. The largest absolute Gasteiger partial charge is 0.480 e. The van der Waals surface area contributed by atoms with Crippen LogP contribution in [-0.2, 0) is 15.3 Å². The average molecular weight is 459 g/mol. The Kier molecular flexibility index (Phi) is 4.83. The van der Waals surface area contributed by atoms with E-state index in [2.05, 4.69) is 10.1 Å². The van der Waals surface area contributed by atoms with E-state index in [1.54, 1.807) is 6.92 Å². The summed E-state index contributed by atoms with van der Waals surface area (Å²) in [5, 5.41) is 3.96. The zero-order chi connectivity index (χ0) is 22.8. The number of likely N-dealkylation sites (tertiary alicyclic amines) is 1. The van der Waals surface area contributed by atoms with Gasteiger partial charge in [0.15, 0.2) is 21.8 Å². The van der Waals surface area contributed by atoms with Crippen LogP contribution >= 0.6 is 0 Å². The molecule has 1 saturated heterocycles. The van der Waals surface area contributed by atoms with E-state index in [9.17, 15) is 26.4 Å². The van der Waals surface area contributed by atoms with Crippen LogP contribution in [0.5, 0.6) is 5.75 Å². The molecule has 1 aromatic carbocycles. The molecule has 168 valence electrons. The van der Waals surface area contributed by atoms with Gasteiger partial charge < -0.3 is 14.2 Å². The molecule has 0 bridgehead atoms. The molecule has 8 nitrogen and oxygen atoms in total. The standard InChI is InChI=1S/C19H20F3N3O5S/c1-10(19(20,21)22)29-15-5-4-13(31(3,27)28)6-14(15)16(26)25-8-12-7-18(12,9-25)17-23-11(2)30-24-17/h4-6,10,12H,7-9H2,1-3H3. The second-order valence-corrected chi connectivity index (χ2v) is 10.1. The minimum Gasteiger partial charge on any atom is -0.480 e. The molecule has 2 aliphatic rings. The van der Waals surface area contributed by atoms with Gasteiger partial charge in [-0.15, -0.1) is 0 Å². The monoisotopic (exact) mass is 459 g/mol. The van der Waals surface area contributed by atoms with Gasteiger partial charge in [-0.05, 0) is 37.5 Å². The van der Waals surface area contributed by atoms with E-state index in [4.69, 9.17) is 9.26 Å². The maximum absolute atomic E-state index is 13.2. The van der Waals surface area contributed by atoms with Gasteiger partial charge in [0.25, 0.3) is 5.91 Å². The molecule has 0 radical (unpaired) electrons. The van der Waals surface area contributed by atoms with Crippen LogP contribution in [0.15, 0.2) is 27.6 Å². The highest BCUT2D eigenvalue weighted by atomic mass is 32.2. The molecule has 2 fully saturated rings. The predicted molar refractivity (Wildman–Crippen MR) is 100 cm³/mol. The first-order valence-corrected chi connectivity index (χ1v) is 11.4. The number of ether oxygens (including phenoxy) is 1. The van der Waals surface area contributed by atoms with Gasteiger partial charge in [-0.2, -0.15) is 18.2 Å². The highest BCUT2D eigenvalue weighted by Crippen LogP contribution is 2.58. The highest BCUT2D eigenvalue weighted by Gasteiger charge is 2.64. The van der Waals surface area contributed by atoms with Crippen molar-refractivity contribution in [2.45, 2.75) is 42.9 Å². The Balaban J connectivity index is 1.65. The molecule has 3 unspecified atom stereocenters. The van der Waals surface area contributed by atoms with E-state index in [1.165, 1.54) is 4.90 Å². The topological polar surface area (TPSA) is 103 Å². The molecule has 2 heterocycles. The average Bonchev–Trinajstić information content (AvgIpc) is 2.99. The van der Waals surface area contributed by atoms with Crippen LogP contribution in [0.1, 0.15) is 35.4 Å². The molecule has 2 aromatic rings. The molecule has 1 amide bonds. The third-order valence-electron chi connectivity index (χ3n) is 5.78. The third-order valence-corrected chi connectivity index (χ3v) is 6.89. The number of aromatic nitrogens is 2. The fourth-order valence-electron chi connectivity index (χ4n) is 3.92. The Labute approximate surface area is 176 Å². The number of sulfone groups is 1. The van der Waals surface area contributed by atoms with Gasteiger partial charge in [0.1, 0.15) is 5.75 Å². The Hall–Kier alpha value is -2.63. The van der Waals surface area contributed by atoms with Crippen LogP contribution in [0.25, 0.3) is 0 Å². The van der Waals surface area contributed by atoms with Crippen molar-refractivity contribution in [3.63, 3.8) is 0 Å². The van der Waals surface area contributed by atoms with Crippen molar-refractivity contribution in [1.29, 1.82) is 0 Å². The smallest absolute Gasteiger partial charge is 0.425 e. The molecular weight excluding hydrogens is 439 g/mol. The van der Waals surface area contributed by atoms with Gasteiger partial charge in [-0.3, -0.25) is 4.79 Å². The minimum atomic E-state index is -4.65. The second-order valence-electron chi connectivity index (χ2n) is 8.11. The number of carbonyl (C=O) groups excluding carboxylic acids is 1. The van der Waals surface area contributed by atoms with E-state index >= 15 is 0 Å². The van der Waals surface area contributed by atoms with Gasteiger partial charge in [0.2, 0.25) is 5.89 Å². The van der Waals surface area contributed by atoms with Crippen molar-refractivity contribution in [3.05, 3.63) is 35.5 Å². The van der Waals surface area contributed by atoms with Crippen LogP contribution in [0, 0.1) is 12.8 Å². The normalized spacial score (nSPS) is 24.1. The molecular formula is C19H20F3N3O5S. The zero-order valence-corrected chi connectivity index (χ0v) is 17.7. The fraction of sp³-hybridized carbons (Fsp3) is 0.526. The lowest BCUT2D eigenvalue weighted by molar-refractivity contribution is -0.189. The Morgan fingerprint density at radius 2 is 2.10 bits per heavy atom. The highest BCUT2D eigenvalue weighted by molar-refractivity contribution is 7.90. The Morgan fingerprint density at radius 3 is 2.68 bits per heavy atom. The van der Waals surface area contributed by atoms with Crippen LogP contribution in [0.3, 0.4) is 0 Å². The van der Waals surface area contributed by atoms with Crippen LogP contribution in [-0.4, -0.2) is 61.0 Å². The van der Waals surface area contributed by atoms with Crippen LogP contribution in [0.4, 0.5) is 13.2 Å². The lowest BCUT2D eigenvalue weighted by Gasteiger charge is -2.24. The Morgan fingerprint density at radius 1 is 1.39 bits per heavy atom. The summed E-state index contributed by atoms with van der Waals surface area (Å²) >= 11 is 0. The van der Waals surface area contributed by atoms with Gasteiger partial charge >= 0.3 is 6.18 Å². The molecule has 3 atom stereocenters. The summed E-state index contributed by atoms with van der Waals surface area (Å²) in [6.07, 6.45) is -5.10. The van der Waals surface area contributed by atoms with E-state index in [-0.39, 0.29) is 28.7 Å². The van der Waals surface area contributed by atoms with E-state index in [1.807, 2.05) is 0 Å². The molecule has 12 heteroatoms. The summed E-state index contributed by atoms with van der Waals surface area (Å²) in [6, 6.07) is 3.27. The first-order valence-electron chi connectivity index (χ1n) is 9.49. The molecule has 0 N–H and O–H groups in total. The summed E-state index contributed by atoms with van der Waals surface area (Å²) in [6.45, 7) is 3.08. The molecule has 1 aliphatic heterocycles. The van der Waals surface area contributed by atoms with Crippen molar-refractivity contribution >= 4 is 15.7 Å². The number of carbonyl (C=O) groups is 1.